The summed E-state index contributed by atoms with van der Waals surface area (Å²) in [6.45, 7) is 4.02. The van der Waals surface area contributed by atoms with Crippen LogP contribution in [0.1, 0.15) is 64.2 Å². The summed E-state index contributed by atoms with van der Waals surface area (Å²) in [6.07, 6.45) is 8.27. The van der Waals surface area contributed by atoms with Gasteiger partial charge in [-0.05, 0) is 26.9 Å². The highest BCUT2D eigenvalue weighted by molar-refractivity contribution is 5.87. The van der Waals surface area contributed by atoms with E-state index in [1.807, 2.05) is 0 Å². The van der Waals surface area contributed by atoms with Crippen LogP contribution in [0.4, 0.5) is 0 Å². The summed E-state index contributed by atoms with van der Waals surface area (Å²) in [7, 11) is 4.20. The topological polar surface area (TPSA) is 89.4 Å². The molecule has 2 rings (SSSR count). The Morgan fingerprint density at radius 3 is 1.43 bits per heavy atom. The first-order chi connectivity index (χ1) is 13.5. The molecule has 28 heavy (non-hydrogen) atoms. The number of amides is 2. The number of rotatable bonds is 9. The van der Waals surface area contributed by atoms with Crippen LogP contribution in [0.25, 0.3) is 0 Å². The molecule has 0 atom stereocenters. The molecule has 0 bridgehead atoms. The molecule has 0 aromatic heterocycles. The quantitative estimate of drug-likeness (QED) is 0.462. The van der Waals surface area contributed by atoms with E-state index in [-0.39, 0.29) is 11.8 Å². The van der Waals surface area contributed by atoms with Gasteiger partial charge in [-0.25, -0.2) is 10.9 Å². The largest absolute Gasteiger partial charge is 0.306 e. The molecule has 0 unspecified atom stereocenters. The van der Waals surface area contributed by atoms with Crippen LogP contribution in [0.5, 0.6) is 0 Å². The summed E-state index contributed by atoms with van der Waals surface area (Å²) in [5, 5.41) is 8.48. The van der Waals surface area contributed by atoms with E-state index in [1.54, 1.807) is 0 Å². The number of nitrogens with zero attached hydrogens (tertiary/aromatic N) is 4. The maximum absolute atomic E-state index is 11.8. The van der Waals surface area contributed by atoms with Crippen molar-refractivity contribution in [1.82, 2.24) is 20.7 Å². The van der Waals surface area contributed by atoms with Crippen molar-refractivity contribution in [2.45, 2.75) is 64.2 Å². The van der Waals surface area contributed by atoms with Crippen LogP contribution in [0, 0.1) is 0 Å². The Labute approximate surface area is 168 Å². The molecule has 158 valence electrons. The number of piperidine rings is 2. The van der Waals surface area contributed by atoms with Gasteiger partial charge < -0.3 is 9.80 Å². The Balaban J connectivity index is 1.45. The van der Waals surface area contributed by atoms with Gasteiger partial charge >= 0.3 is 0 Å². The normalized spacial score (nSPS) is 18.6. The van der Waals surface area contributed by atoms with Gasteiger partial charge in [-0.2, -0.15) is 10.2 Å². The van der Waals surface area contributed by atoms with Gasteiger partial charge in [-0.1, -0.05) is 12.8 Å². The zero-order valence-corrected chi connectivity index (χ0v) is 17.5. The van der Waals surface area contributed by atoms with Gasteiger partial charge in [0.15, 0.2) is 0 Å². The van der Waals surface area contributed by atoms with Crippen molar-refractivity contribution < 1.29 is 9.59 Å². The number of carbonyl (C=O) groups is 2. The van der Waals surface area contributed by atoms with Gasteiger partial charge in [0.05, 0.1) is 0 Å². The number of hydrogen-bond donors (Lipinski definition) is 2. The average Bonchev–Trinajstić information content (AvgIpc) is 2.69. The van der Waals surface area contributed by atoms with Crippen molar-refractivity contribution in [1.29, 1.82) is 0 Å². The van der Waals surface area contributed by atoms with E-state index in [9.17, 15) is 9.59 Å². The smallest absolute Gasteiger partial charge is 0.240 e. The summed E-state index contributed by atoms with van der Waals surface area (Å²) in [5.74, 6) is -0.0313. The fourth-order valence-corrected chi connectivity index (χ4v) is 3.30. The van der Waals surface area contributed by atoms with E-state index in [0.29, 0.717) is 12.8 Å². The van der Waals surface area contributed by atoms with E-state index >= 15 is 0 Å². The third kappa shape index (κ3) is 9.41. The highest BCUT2D eigenvalue weighted by Gasteiger charge is 2.12. The first kappa shape index (κ1) is 22.5. The molecule has 2 aliphatic heterocycles. The number of hydrazone groups is 2. The lowest BCUT2D eigenvalue weighted by Crippen LogP contribution is -2.32. The molecule has 0 spiro atoms. The molecular weight excluding hydrogens is 356 g/mol. The van der Waals surface area contributed by atoms with Crippen LogP contribution in [-0.2, 0) is 9.59 Å². The summed E-state index contributed by atoms with van der Waals surface area (Å²) in [4.78, 5) is 28.2. The second kappa shape index (κ2) is 12.6. The number of carbonyl (C=O) groups excluding carboxylic acids is 2. The van der Waals surface area contributed by atoms with E-state index in [4.69, 9.17) is 0 Å². The molecule has 0 radical (unpaired) electrons. The van der Waals surface area contributed by atoms with Crippen LogP contribution >= 0.6 is 0 Å². The molecule has 2 fully saturated rings. The zero-order chi connectivity index (χ0) is 20.2. The van der Waals surface area contributed by atoms with E-state index in [2.05, 4.69) is 44.9 Å². The fraction of sp³-hybridized carbons (Fsp3) is 0.800. The molecule has 0 aromatic carbocycles. The van der Waals surface area contributed by atoms with Crippen molar-refractivity contribution in [3.8, 4) is 0 Å². The van der Waals surface area contributed by atoms with Crippen molar-refractivity contribution in [3.63, 3.8) is 0 Å². The molecule has 2 amide bonds. The molecule has 0 aromatic rings. The second-order valence-corrected chi connectivity index (χ2v) is 7.95. The van der Waals surface area contributed by atoms with Gasteiger partial charge in [0.1, 0.15) is 0 Å². The maximum atomic E-state index is 11.8. The summed E-state index contributed by atoms with van der Waals surface area (Å²) in [5.41, 5.74) is 7.52. The van der Waals surface area contributed by atoms with Gasteiger partial charge in [0.25, 0.3) is 0 Å². The monoisotopic (exact) mass is 392 g/mol. The maximum Gasteiger partial charge on any atom is 0.240 e. The lowest BCUT2D eigenvalue weighted by molar-refractivity contribution is -0.122. The third-order valence-electron chi connectivity index (χ3n) is 5.36. The Morgan fingerprint density at radius 2 is 1.07 bits per heavy atom. The van der Waals surface area contributed by atoms with Gasteiger partial charge in [-0.3, -0.25) is 9.59 Å². The number of likely N-dealkylation sites (tertiary alicyclic amines) is 2. The minimum absolute atomic E-state index is 0.0156. The molecule has 0 saturated carbocycles. The van der Waals surface area contributed by atoms with E-state index < -0.39 is 0 Å². The zero-order valence-electron chi connectivity index (χ0n) is 17.5. The molecule has 0 aliphatic carbocycles. The summed E-state index contributed by atoms with van der Waals surface area (Å²) < 4.78 is 0. The molecule has 2 N–H and O–H groups in total. The molecule has 2 saturated heterocycles. The van der Waals surface area contributed by atoms with Crippen molar-refractivity contribution >= 4 is 23.2 Å². The minimum Gasteiger partial charge on any atom is -0.306 e. The SMILES string of the molecule is CN1CCC(=NNC(=O)CCCCCCC(=O)NN=C2CCN(C)CC2)CC1. The second-order valence-electron chi connectivity index (χ2n) is 7.95. The van der Waals surface area contributed by atoms with Gasteiger partial charge in [-0.15, -0.1) is 0 Å². The van der Waals surface area contributed by atoms with Crippen molar-refractivity contribution in [2.24, 2.45) is 10.2 Å². The minimum atomic E-state index is -0.0156. The van der Waals surface area contributed by atoms with Crippen LogP contribution < -0.4 is 10.9 Å². The summed E-state index contributed by atoms with van der Waals surface area (Å²) >= 11 is 0. The lowest BCUT2D eigenvalue weighted by Gasteiger charge is -2.22. The van der Waals surface area contributed by atoms with Crippen LogP contribution in [0.15, 0.2) is 10.2 Å². The first-order valence-corrected chi connectivity index (χ1v) is 10.6. The predicted octanol–water partition coefficient (Wildman–Crippen LogP) is 1.72. The molecule has 8 nitrogen and oxygen atoms in total. The third-order valence-corrected chi connectivity index (χ3v) is 5.36. The molecule has 2 aliphatic rings. The number of hydrogen-bond acceptors (Lipinski definition) is 6. The van der Waals surface area contributed by atoms with Gasteiger partial charge in [0, 0.05) is 76.1 Å². The average molecular weight is 393 g/mol. The van der Waals surface area contributed by atoms with E-state index in [0.717, 1.165) is 89.0 Å². The van der Waals surface area contributed by atoms with Gasteiger partial charge in [0.2, 0.25) is 11.8 Å². The first-order valence-electron chi connectivity index (χ1n) is 10.6. The fourth-order valence-electron chi connectivity index (χ4n) is 3.30. The number of nitrogens with one attached hydrogen (secondary N) is 2. The van der Waals surface area contributed by atoms with Crippen LogP contribution in [0.3, 0.4) is 0 Å². The van der Waals surface area contributed by atoms with Crippen LogP contribution in [0.2, 0.25) is 0 Å². The molecular formula is C20H36N6O2. The molecule has 8 heteroatoms. The highest BCUT2D eigenvalue weighted by Crippen LogP contribution is 2.07. The van der Waals surface area contributed by atoms with E-state index in [1.165, 1.54) is 0 Å². The Hall–Kier alpha value is -1.80. The number of unbranched alkanes of at least 4 members (excludes halogenated alkanes) is 3. The predicted molar refractivity (Wildman–Crippen MR) is 112 cm³/mol. The standard InChI is InChI=1S/C20H36N6O2/c1-25-13-9-17(10-14-25)21-23-19(27)7-5-3-4-6-8-20(28)24-22-18-11-15-26(2)16-12-18/h3-16H2,1-2H3,(H,23,27)(H,24,28). The lowest BCUT2D eigenvalue weighted by atomic mass is 10.1. The van der Waals surface area contributed by atoms with Crippen molar-refractivity contribution in [3.05, 3.63) is 0 Å². The molecule has 2 heterocycles. The summed E-state index contributed by atoms with van der Waals surface area (Å²) in [6, 6.07) is 0. The Bertz CT molecular complexity index is 505. The van der Waals surface area contributed by atoms with Crippen molar-refractivity contribution in [2.75, 3.05) is 40.3 Å². The highest BCUT2D eigenvalue weighted by atomic mass is 16.2. The Kier molecular flexibility index (Phi) is 10.1. The Morgan fingerprint density at radius 1 is 0.714 bits per heavy atom. The van der Waals surface area contributed by atoms with Crippen LogP contribution in [-0.4, -0.2) is 73.3 Å².